The molecule has 3 aliphatic rings. The normalized spacial score (nSPS) is 28.1. The maximum atomic E-state index is 13.4. The molecule has 3 fully saturated rings. The van der Waals surface area contributed by atoms with Crippen LogP contribution >= 0.6 is 0 Å². The molecule has 0 spiro atoms. The Bertz CT molecular complexity index is 1620. The molecule has 3 saturated heterocycles. The van der Waals surface area contributed by atoms with Gasteiger partial charge in [-0.2, -0.15) is 0 Å². The molecule has 17 atom stereocenters. The van der Waals surface area contributed by atoms with Gasteiger partial charge in [-0.1, -0.05) is 290 Å². The van der Waals surface area contributed by atoms with E-state index in [0.717, 1.165) is 44.9 Å². The fourth-order valence-electron chi connectivity index (χ4n) is 13.0. The number of unbranched alkanes of at least 4 members (excludes halogenated alkanes) is 42. The van der Waals surface area contributed by atoms with Crippen molar-refractivity contribution < 1.29 is 89.4 Å². The predicted molar refractivity (Wildman–Crippen MR) is 347 cm³/mol. The first-order valence-electron chi connectivity index (χ1n) is 36.8. The highest BCUT2D eigenvalue weighted by atomic mass is 16.8. The third-order valence-electron chi connectivity index (χ3n) is 18.9. The van der Waals surface area contributed by atoms with E-state index in [1.807, 2.05) is 0 Å². The second-order valence-electron chi connectivity index (χ2n) is 26.8. The monoisotopic (exact) mass is 1280 g/mol. The third-order valence-corrected chi connectivity index (χ3v) is 18.9. The zero-order valence-electron chi connectivity index (χ0n) is 55.9. The van der Waals surface area contributed by atoms with Crippen LogP contribution in [0.2, 0.25) is 0 Å². The van der Waals surface area contributed by atoms with Crippen LogP contribution in [0.15, 0.2) is 0 Å². The molecule has 0 saturated carbocycles. The van der Waals surface area contributed by atoms with E-state index in [1.54, 1.807) is 0 Å². The first-order valence-corrected chi connectivity index (χ1v) is 36.8. The number of hydrogen-bond acceptors (Lipinski definition) is 18. The molecule has 0 aromatic heterocycles. The van der Waals surface area contributed by atoms with Gasteiger partial charge >= 0.3 is 0 Å². The van der Waals surface area contributed by atoms with Gasteiger partial charge in [-0.15, -0.1) is 0 Å². The summed E-state index contributed by atoms with van der Waals surface area (Å²) in [7, 11) is 0. The highest BCUT2D eigenvalue weighted by Crippen LogP contribution is 2.33. The van der Waals surface area contributed by atoms with Gasteiger partial charge in [-0.3, -0.25) is 4.79 Å². The summed E-state index contributed by atoms with van der Waals surface area (Å²) < 4.78 is 34.4. The zero-order chi connectivity index (χ0) is 64.7. The first kappa shape index (κ1) is 82.0. The smallest absolute Gasteiger partial charge is 0.220 e. The van der Waals surface area contributed by atoms with Gasteiger partial charge in [0.25, 0.3) is 0 Å². The topological polar surface area (TPSA) is 307 Å². The molecule has 1 amide bonds. The molecular weight excluding hydrogens is 1140 g/mol. The van der Waals surface area contributed by atoms with Crippen LogP contribution in [0.4, 0.5) is 0 Å². The average molecular weight is 1280 g/mol. The summed E-state index contributed by atoms with van der Waals surface area (Å²) in [6.45, 7) is 1.85. The van der Waals surface area contributed by atoms with E-state index in [0.29, 0.717) is 12.8 Å². The molecule has 0 bridgehead atoms. The van der Waals surface area contributed by atoms with Gasteiger partial charge in [0.2, 0.25) is 5.91 Å². The Balaban J connectivity index is 1.38. The van der Waals surface area contributed by atoms with Crippen LogP contribution in [-0.4, -0.2) is 193 Å². The zero-order valence-corrected chi connectivity index (χ0v) is 55.9. The molecule has 528 valence electrons. The van der Waals surface area contributed by atoms with Crippen molar-refractivity contribution in [3.05, 3.63) is 0 Å². The molecule has 3 aliphatic heterocycles. The van der Waals surface area contributed by atoms with Crippen molar-refractivity contribution in [2.75, 3.05) is 26.4 Å². The fraction of sp³-hybridized carbons (Fsp3) is 0.986. The molecule has 19 heteroatoms. The molecule has 17 unspecified atom stereocenters. The van der Waals surface area contributed by atoms with Crippen LogP contribution in [0.1, 0.15) is 309 Å². The summed E-state index contributed by atoms with van der Waals surface area (Å²) in [6, 6.07) is -0.882. The maximum absolute atomic E-state index is 13.4. The van der Waals surface area contributed by atoms with Crippen molar-refractivity contribution in [1.82, 2.24) is 5.32 Å². The van der Waals surface area contributed by atoms with E-state index in [2.05, 4.69) is 19.2 Å². The number of aliphatic hydroxyl groups is 11. The first-order chi connectivity index (χ1) is 43.3. The minimum Gasteiger partial charge on any atom is -0.394 e. The number of hydrogen-bond donors (Lipinski definition) is 12. The van der Waals surface area contributed by atoms with Crippen LogP contribution in [0.3, 0.4) is 0 Å². The Kier molecular flexibility index (Phi) is 48.8. The van der Waals surface area contributed by atoms with E-state index < -0.39 is 124 Å². The average Bonchev–Trinajstić information content (AvgIpc) is 1.97. The van der Waals surface area contributed by atoms with Crippen molar-refractivity contribution in [3.63, 3.8) is 0 Å². The molecule has 89 heavy (non-hydrogen) atoms. The Labute approximate surface area is 538 Å². The van der Waals surface area contributed by atoms with Crippen LogP contribution in [0.25, 0.3) is 0 Å². The van der Waals surface area contributed by atoms with Gasteiger partial charge in [0.15, 0.2) is 18.9 Å². The van der Waals surface area contributed by atoms with Gasteiger partial charge < -0.3 is 89.9 Å². The second kappa shape index (κ2) is 53.0. The van der Waals surface area contributed by atoms with E-state index in [4.69, 9.17) is 28.4 Å². The summed E-state index contributed by atoms with van der Waals surface area (Å²) in [5.41, 5.74) is 0. The van der Waals surface area contributed by atoms with E-state index in [-0.39, 0.29) is 18.9 Å². The lowest BCUT2D eigenvalue weighted by Gasteiger charge is -2.48. The number of amides is 1. The largest absolute Gasteiger partial charge is 0.394 e. The highest BCUT2D eigenvalue weighted by molar-refractivity contribution is 5.76. The quantitative estimate of drug-likeness (QED) is 0.0252. The maximum Gasteiger partial charge on any atom is 0.220 e. The summed E-state index contributed by atoms with van der Waals surface area (Å²) in [4.78, 5) is 13.4. The lowest BCUT2D eigenvalue weighted by molar-refractivity contribution is -0.379. The number of aliphatic hydroxyl groups excluding tert-OH is 11. The number of ether oxygens (including phenoxy) is 6. The Morgan fingerprint density at radius 2 is 0.640 bits per heavy atom. The van der Waals surface area contributed by atoms with Crippen LogP contribution in [0, 0.1) is 0 Å². The minimum absolute atomic E-state index is 0.236. The molecule has 3 heterocycles. The van der Waals surface area contributed by atoms with E-state index in [9.17, 15) is 61.0 Å². The Morgan fingerprint density at radius 3 is 0.978 bits per heavy atom. The molecule has 12 N–H and O–H groups in total. The Morgan fingerprint density at radius 1 is 0.360 bits per heavy atom. The predicted octanol–water partition coefficient (Wildman–Crippen LogP) is 10.3. The summed E-state index contributed by atoms with van der Waals surface area (Å²) in [5, 5.41) is 121. The highest BCUT2D eigenvalue weighted by Gasteiger charge is 2.53. The van der Waals surface area contributed by atoms with Crippen molar-refractivity contribution in [2.45, 2.75) is 413 Å². The van der Waals surface area contributed by atoms with Gasteiger partial charge in [-0.05, 0) is 12.8 Å². The van der Waals surface area contributed by atoms with Gasteiger partial charge in [0.1, 0.15) is 73.2 Å². The number of rotatable bonds is 58. The molecule has 0 aromatic carbocycles. The van der Waals surface area contributed by atoms with Crippen molar-refractivity contribution in [3.8, 4) is 0 Å². The summed E-state index contributed by atoms with van der Waals surface area (Å²) in [5.74, 6) is -0.236. The van der Waals surface area contributed by atoms with Gasteiger partial charge in [0.05, 0.1) is 38.6 Å². The van der Waals surface area contributed by atoms with Gasteiger partial charge in [0, 0.05) is 6.42 Å². The second-order valence-corrected chi connectivity index (χ2v) is 26.8. The molecule has 0 aromatic rings. The SMILES string of the molecule is CCCCCCCCCCCCCCCCCCCCCCCCCCCCCCCC(O)C(COC1OC(CO)C(OC2OC(CO)C(OC3OC(CO)C(O)C(O)C3O)C(O)C2O)C(O)C1O)NC(=O)CCCCCCCCCCCCCCCCC. The Hall–Kier alpha value is -1.21. The molecular formula is C70H135NO18. The van der Waals surface area contributed by atoms with Gasteiger partial charge in [-0.25, -0.2) is 0 Å². The molecule has 19 nitrogen and oxygen atoms in total. The van der Waals surface area contributed by atoms with Crippen molar-refractivity contribution in [1.29, 1.82) is 0 Å². The lowest BCUT2D eigenvalue weighted by Crippen LogP contribution is -2.66. The van der Waals surface area contributed by atoms with E-state index in [1.165, 1.54) is 231 Å². The van der Waals surface area contributed by atoms with Crippen molar-refractivity contribution in [2.24, 2.45) is 0 Å². The third kappa shape index (κ3) is 34.9. The minimum atomic E-state index is -1.97. The van der Waals surface area contributed by atoms with E-state index >= 15 is 0 Å². The summed E-state index contributed by atoms with van der Waals surface area (Å²) >= 11 is 0. The van der Waals surface area contributed by atoms with Crippen LogP contribution in [-0.2, 0) is 33.2 Å². The molecule has 3 rings (SSSR count). The number of nitrogens with one attached hydrogen (secondary N) is 1. The number of carbonyl (C=O) groups is 1. The lowest BCUT2D eigenvalue weighted by atomic mass is 9.96. The summed E-state index contributed by atoms with van der Waals surface area (Å²) in [6.07, 6.45) is 30.5. The number of carbonyl (C=O) groups excluding carboxylic acids is 1. The van der Waals surface area contributed by atoms with Crippen molar-refractivity contribution >= 4 is 5.91 Å². The molecule has 0 radical (unpaired) electrons. The molecule has 0 aliphatic carbocycles. The standard InChI is InChI=1S/C70H135NO18/c1-3-5-7-9-11-13-15-17-19-20-21-22-23-24-25-26-27-28-29-30-31-32-34-35-37-39-41-43-45-47-54(75)53(71-58(76)48-46-44-42-40-38-36-33-18-16-14-12-10-8-6-4-2)52-84-68-64(82)61(79)66(56(50-73)86-68)89-70-65(83)62(80)67(57(51-74)87-70)88-69-63(81)60(78)59(77)55(49-72)85-69/h53-57,59-70,72-75,77-83H,3-52H2,1-2H3,(H,71,76). The van der Waals surface area contributed by atoms with Crippen LogP contribution in [0.5, 0.6) is 0 Å². The fourth-order valence-corrected chi connectivity index (χ4v) is 13.0. The van der Waals surface area contributed by atoms with Crippen LogP contribution < -0.4 is 5.32 Å².